The second-order valence-electron chi connectivity index (χ2n) is 6.76. The quantitative estimate of drug-likeness (QED) is 0.463. The fourth-order valence-electron chi connectivity index (χ4n) is 3.60. The van der Waals surface area contributed by atoms with Gasteiger partial charge < -0.3 is 20.7 Å². The Bertz CT molecular complexity index is 845. The van der Waals surface area contributed by atoms with Gasteiger partial charge in [-0.2, -0.15) is 0 Å². The third-order valence-electron chi connectivity index (χ3n) is 4.90. The molecule has 2 fully saturated rings. The van der Waals surface area contributed by atoms with Crippen LogP contribution in [0.15, 0.2) is 18.2 Å². The van der Waals surface area contributed by atoms with Gasteiger partial charge in [-0.3, -0.25) is 4.79 Å². The number of halogens is 1. The molecule has 8 nitrogen and oxygen atoms in total. The summed E-state index contributed by atoms with van der Waals surface area (Å²) in [5.74, 6) is 0.332. The topological polar surface area (TPSA) is 114 Å². The van der Waals surface area contributed by atoms with Crippen LogP contribution in [0.2, 0.25) is 5.02 Å². The third kappa shape index (κ3) is 4.47. The Kier molecular flexibility index (Phi) is 5.81. The van der Waals surface area contributed by atoms with E-state index in [1.807, 2.05) is 0 Å². The molecule has 27 heavy (non-hydrogen) atoms. The van der Waals surface area contributed by atoms with Crippen LogP contribution in [0.5, 0.6) is 5.75 Å². The van der Waals surface area contributed by atoms with E-state index in [0.29, 0.717) is 35.7 Å². The maximum atomic E-state index is 12.2. The van der Waals surface area contributed by atoms with Crippen molar-refractivity contribution in [3.8, 4) is 5.75 Å². The lowest BCUT2D eigenvalue weighted by Crippen LogP contribution is -2.39. The fraction of sp³-hybridized carbons (Fsp3) is 0.529. The van der Waals surface area contributed by atoms with Crippen LogP contribution in [0.4, 0.5) is 10.5 Å². The highest BCUT2D eigenvalue weighted by Crippen LogP contribution is 2.29. The molecule has 0 spiro atoms. The summed E-state index contributed by atoms with van der Waals surface area (Å²) in [5, 5.41) is 7.89. The maximum absolute atomic E-state index is 12.2. The van der Waals surface area contributed by atoms with Crippen LogP contribution >= 0.6 is 11.6 Å². The summed E-state index contributed by atoms with van der Waals surface area (Å²) in [6, 6.07) is 3.93. The van der Waals surface area contributed by atoms with Crippen LogP contribution in [-0.4, -0.2) is 50.6 Å². The molecule has 10 heteroatoms. The first kappa shape index (κ1) is 19.8. The molecule has 3 rings (SSSR count). The average molecular weight is 416 g/mol. The Labute approximate surface area is 162 Å². The van der Waals surface area contributed by atoms with Gasteiger partial charge in [0.05, 0.1) is 35.2 Å². The van der Waals surface area contributed by atoms with Crippen molar-refractivity contribution in [3.63, 3.8) is 0 Å². The van der Waals surface area contributed by atoms with Crippen LogP contribution in [0.3, 0.4) is 0 Å². The Balaban J connectivity index is 1.45. The van der Waals surface area contributed by atoms with E-state index < -0.39 is 15.1 Å². The van der Waals surface area contributed by atoms with E-state index in [2.05, 4.69) is 16.0 Å². The van der Waals surface area contributed by atoms with Crippen molar-refractivity contribution in [3.05, 3.63) is 23.2 Å². The first-order valence-electron chi connectivity index (χ1n) is 8.72. The molecule has 2 heterocycles. The number of carbonyl (C=O) groups excluding carboxylic acids is 2. The zero-order valence-corrected chi connectivity index (χ0v) is 16.4. The van der Waals surface area contributed by atoms with Crippen molar-refractivity contribution in [2.24, 2.45) is 0 Å². The zero-order valence-electron chi connectivity index (χ0n) is 14.8. The lowest BCUT2D eigenvalue weighted by Gasteiger charge is -2.16. The molecular formula is C17H22ClN3O5S. The number of unbranched alkanes of at least 4 members (excludes halogenated alkanes) is 1. The number of carbonyl (C=O) groups is 2. The lowest BCUT2D eigenvalue weighted by atomic mass is 10.0. The number of ether oxygens (including phenoxy) is 1. The minimum absolute atomic E-state index is 0.0280. The standard InChI is InChI=1S/C17H22ClN3O5S/c1-26-13-7-6-10(8-11(13)18)19-15(22)5-3-2-4-14-16-12(9-27(14,24)25)20-17(23)21-16/h6-8,12,14,16H,2-5,9H2,1H3,(H,19,22)(H2,20,21,23)/t12-,14-,16+/m1/s1. The van der Waals surface area contributed by atoms with E-state index in [-0.39, 0.29) is 36.2 Å². The smallest absolute Gasteiger partial charge is 0.315 e. The molecule has 0 saturated carbocycles. The predicted molar refractivity (Wildman–Crippen MR) is 102 cm³/mol. The minimum Gasteiger partial charge on any atom is -0.495 e. The molecule has 3 N–H and O–H groups in total. The first-order valence-corrected chi connectivity index (χ1v) is 10.8. The van der Waals surface area contributed by atoms with Gasteiger partial charge in [-0.1, -0.05) is 18.0 Å². The third-order valence-corrected chi connectivity index (χ3v) is 7.47. The normalized spacial score (nSPS) is 25.4. The highest BCUT2D eigenvalue weighted by molar-refractivity contribution is 7.92. The van der Waals surface area contributed by atoms with Crippen LogP contribution in [-0.2, 0) is 14.6 Å². The summed E-state index contributed by atoms with van der Waals surface area (Å²) in [6.07, 6.45) is 1.84. The molecule has 148 valence electrons. The Morgan fingerprint density at radius 2 is 2.11 bits per heavy atom. The van der Waals surface area contributed by atoms with Gasteiger partial charge in [0.2, 0.25) is 5.91 Å². The second kappa shape index (κ2) is 7.93. The number of nitrogens with one attached hydrogen (secondary N) is 3. The summed E-state index contributed by atoms with van der Waals surface area (Å²) >= 11 is 6.03. The van der Waals surface area contributed by atoms with Crippen molar-refractivity contribution in [1.82, 2.24) is 10.6 Å². The predicted octanol–water partition coefficient (Wildman–Crippen LogP) is 1.69. The van der Waals surface area contributed by atoms with E-state index in [1.54, 1.807) is 18.2 Å². The van der Waals surface area contributed by atoms with Gasteiger partial charge >= 0.3 is 6.03 Å². The van der Waals surface area contributed by atoms with Gasteiger partial charge in [0, 0.05) is 12.1 Å². The molecule has 2 aliphatic rings. The Hall–Kier alpha value is -2.00. The van der Waals surface area contributed by atoms with E-state index in [9.17, 15) is 18.0 Å². The molecule has 2 saturated heterocycles. The summed E-state index contributed by atoms with van der Waals surface area (Å²) in [6.45, 7) is 0. The number of benzene rings is 1. The van der Waals surface area contributed by atoms with Crippen LogP contribution < -0.4 is 20.7 Å². The number of hydrogen-bond donors (Lipinski definition) is 3. The molecule has 0 aliphatic carbocycles. The SMILES string of the molecule is COc1ccc(NC(=O)CCCC[C@@H]2[C@H]3NC(=O)N[C@@H]3CS2(=O)=O)cc1Cl. The number of methoxy groups -OCH3 is 1. The van der Waals surface area contributed by atoms with Gasteiger partial charge in [-0.25, -0.2) is 13.2 Å². The monoisotopic (exact) mass is 415 g/mol. The molecule has 2 aliphatic heterocycles. The van der Waals surface area contributed by atoms with Crippen molar-refractivity contribution in [2.45, 2.75) is 43.0 Å². The Morgan fingerprint density at radius 3 is 2.81 bits per heavy atom. The number of sulfone groups is 1. The van der Waals surface area contributed by atoms with Crippen molar-refractivity contribution < 1.29 is 22.7 Å². The largest absolute Gasteiger partial charge is 0.495 e. The lowest BCUT2D eigenvalue weighted by molar-refractivity contribution is -0.116. The molecular weight excluding hydrogens is 394 g/mol. The Morgan fingerprint density at radius 1 is 1.33 bits per heavy atom. The molecule has 1 aromatic carbocycles. The summed E-state index contributed by atoms with van der Waals surface area (Å²) in [4.78, 5) is 23.4. The van der Waals surface area contributed by atoms with Crippen molar-refractivity contribution >= 4 is 39.1 Å². The molecule has 3 atom stereocenters. The van der Waals surface area contributed by atoms with Crippen molar-refractivity contribution in [2.75, 3.05) is 18.2 Å². The number of amides is 3. The highest BCUT2D eigenvalue weighted by Gasteiger charge is 2.51. The molecule has 0 unspecified atom stereocenters. The van der Waals surface area contributed by atoms with E-state index >= 15 is 0 Å². The molecule has 0 bridgehead atoms. The molecule has 3 amide bonds. The van der Waals surface area contributed by atoms with Gasteiger partial charge in [-0.05, 0) is 31.0 Å². The summed E-state index contributed by atoms with van der Waals surface area (Å²) in [7, 11) is -1.72. The summed E-state index contributed by atoms with van der Waals surface area (Å²) < 4.78 is 29.5. The molecule has 0 aromatic heterocycles. The van der Waals surface area contributed by atoms with Crippen LogP contribution in [0.1, 0.15) is 25.7 Å². The number of urea groups is 1. The molecule has 0 radical (unpaired) electrons. The maximum Gasteiger partial charge on any atom is 0.315 e. The fourth-order valence-corrected chi connectivity index (χ4v) is 6.13. The van der Waals surface area contributed by atoms with E-state index in [1.165, 1.54) is 7.11 Å². The summed E-state index contributed by atoms with van der Waals surface area (Å²) in [5.41, 5.74) is 0.576. The first-order chi connectivity index (χ1) is 12.8. The highest BCUT2D eigenvalue weighted by atomic mass is 35.5. The number of fused-ring (bicyclic) bond motifs is 1. The van der Waals surface area contributed by atoms with Crippen molar-refractivity contribution in [1.29, 1.82) is 0 Å². The van der Waals surface area contributed by atoms with Gasteiger partial charge in [0.25, 0.3) is 0 Å². The number of rotatable bonds is 7. The van der Waals surface area contributed by atoms with Gasteiger partial charge in [-0.15, -0.1) is 0 Å². The van der Waals surface area contributed by atoms with E-state index in [4.69, 9.17) is 16.3 Å². The zero-order chi connectivity index (χ0) is 19.6. The average Bonchev–Trinajstić information content (AvgIpc) is 3.03. The number of anilines is 1. The van der Waals surface area contributed by atoms with Gasteiger partial charge in [0.15, 0.2) is 9.84 Å². The molecule has 1 aromatic rings. The number of hydrogen-bond acceptors (Lipinski definition) is 5. The van der Waals surface area contributed by atoms with Crippen LogP contribution in [0, 0.1) is 0 Å². The van der Waals surface area contributed by atoms with Crippen LogP contribution in [0.25, 0.3) is 0 Å². The second-order valence-corrected chi connectivity index (χ2v) is 9.43. The van der Waals surface area contributed by atoms with E-state index in [0.717, 1.165) is 0 Å². The van der Waals surface area contributed by atoms with Gasteiger partial charge in [0.1, 0.15) is 5.75 Å². The minimum atomic E-state index is -3.23.